The SMILES string of the molecule is OC(Cc1ccc(Br)cn1)c1ccc(F)c(Cl)c1. The molecular formula is C13H10BrClFNO. The predicted octanol–water partition coefficient (Wildman–Crippen LogP) is 3.91. The second-order valence-corrected chi connectivity index (χ2v) is 5.18. The number of halogens is 3. The Morgan fingerprint density at radius 2 is 2.11 bits per heavy atom. The van der Waals surface area contributed by atoms with E-state index in [4.69, 9.17) is 11.6 Å². The minimum atomic E-state index is -0.753. The van der Waals surface area contributed by atoms with Crippen molar-refractivity contribution in [1.29, 1.82) is 0 Å². The molecule has 2 nitrogen and oxygen atoms in total. The molecule has 2 rings (SSSR count). The highest BCUT2D eigenvalue weighted by Crippen LogP contribution is 2.23. The van der Waals surface area contributed by atoms with Crippen LogP contribution < -0.4 is 0 Å². The summed E-state index contributed by atoms with van der Waals surface area (Å²) in [6.45, 7) is 0. The molecule has 5 heteroatoms. The lowest BCUT2D eigenvalue weighted by Gasteiger charge is -2.11. The molecule has 0 aliphatic rings. The van der Waals surface area contributed by atoms with E-state index in [9.17, 15) is 9.50 Å². The minimum Gasteiger partial charge on any atom is -0.388 e. The Bertz CT molecular complexity index is 547. The highest BCUT2D eigenvalue weighted by molar-refractivity contribution is 9.10. The highest BCUT2D eigenvalue weighted by atomic mass is 79.9. The average Bonchev–Trinajstić information content (AvgIpc) is 2.35. The van der Waals surface area contributed by atoms with Gasteiger partial charge >= 0.3 is 0 Å². The van der Waals surface area contributed by atoms with Gasteiger partial charge in [0.05, 0.1) is 11.1 Å². The van der Waals surface area contributed by atoms with Crippen LogP contribution in [0.1, 0.15) is 17.4 Å². The van der Waals surface area contributed by atoms with E-state index in [1.165, 1.54) is 18.2 Å². The number of aromatic nitrogens is 1. The molecule has 0 radical (unpaired) electrons. The van der Waals surface area contributed by atoms with Crippen LogP contribution >= 0.6 is 27.5 Å². The Morgan fingerprint density at radius 3 is 2.72 bits per heavy atom. The molecule has 1 unspecified atom stereocenters. The van der Waals surface area contributed by atoms with Crippen LogP contribution in [0.5, 0.6) is 0 Å². The first-order valence-electron chi connectivity index (χ1n) is 5.29. The van der Waals surface area contributed by atoms with Crippen LogP contribution in [0.2, 0.25) is 5.02 Å². The summed E-state index contributed by atoms with van der Waals surface area (Å²) in [6, 6.07) is 7.87. The third kappa shape index (κ3) is 3.28. The van der Waals surface area contributed by atoms with Crippen molar-refractivity contribution in [3.63, 3.8) is 0 Å². The third-order valence-corrected chi connectivity index (χ3v) is 3.28. The molecule has 0 fully saturated rings. The molecule has 1 aromatic carbocycles. The number of hydrogen-bond donors (Lipinski definition) is 1. The van der Waals surface area contributed by atoms with Crippen molar-refractivity contribution >= 4 is 27.5 Å². The van der Waals surface area contributed by atoms with Crippen LogP contribution in [0.4, 0.5) is 4.39 Å². The fraction of sp³-hybridized carbons (Fsp3) is 0.154. The fourth-order valence-electron chi connectivity index (χ4n) is 1.56. The normalized spacial score (nSPS) is 12.4. The summed E-state index contributed by atoms with van der Waals surface area (Å²) >= 11 is 8.96. The lowest BCUT2D eigenvalue weighted by Crippen LogP contribution is -2.03. The van der Waals surface area contributed by atoms with Crippen LogP contribution in [0.15, 0.2) is 41.0 Å². The first kappa shape index (κ1) is 13.5. The van der Waals surface area contributed by atoms with E-state index in [0.29, 0.717) is 12.0 Å². The van der Waals surface area contributed by atoms with Crippen molar-refractivity contribution in [3.8, 4) is 0 Å². The number of aliphatic hydroxyl groups is 1. The van der Waals surface area contributed by atoms with Gasteiger partial charge in [0.25, 0.3) is 0 Å². The molecule has 0 amide bonds. The van der Waals surface area contributed by atoms with E-state index in [-0.39, 0.29) is 5.02 Å². The van der Waals surface area contributed by atoms with Crippen molar-refractivity contribution in [2.45, 2.75) is 12.5 Å². The van der Waals surface area contributed by atoms with Crippen molar-refractivity contribution in [3.05, 3.63) is 63.1 Å². The Morgan fingerprint density at radius 1 is 1.33 bits per heavy atom. The molecule has 1 heterocycles. The van der Waals surface area contributed by atoms with Gasteiger partial charge in [-0.25, -0.2) is 4.39 Å². The summed E-state index contributed by atoms with van der Waals surface area (Å²) in [6.07, 6.45) is 1.27. The van der Waals surface area contributed by atoms with E-state index >= 15 is 0 Å². The van der Waals surface area contributed by atoms with Gasteiger partial charge in [0, 0.05) is 22.8 Å². The monoisotopic (exact) mass is 329 g/mol. The molecule has 0 aliphatic carbocycles. The smallest absolute Gasteiger partial charge is 0.141 e. The Kier molecular flexibility index (Phi) is 4.32. The van der Waals surface area contributed by atoms with Gasteiger partial charge in [-0.2, -0.15) is 0 Å². The van der Waals surface area contributed by atoms with Gasteiger partial charge in [-0.05, 0) is 45.8 Å². The first-order valence-corrected chi connectivity index (χ1v) is 6.47. The summed E-state index contributed by atoms with van der Waals surface area (Å²) in [4.78, 5) is 4.17. The van der Waals surface area contributed by atoms with Crippen molar-refractivity contribution in [1.82, 2.24) is 4.98 Å². The van der Waals surface area contributed by atoms with Crippen LogP contribution in [0.25, 0.3) is 0 Å². The highest BCUT2D eigenvalue weighted by Gasteiger charge is 2.11. The number of rotatable bonds is 3. The zero-order valence-corrected chi connectivity index (χ0v) is 11.6. The van der Waals surface area contributed by atoms with E-state index in [1.807, 2.05) is 12.1 Å². The molecule has 0 spiro atoms. The number of nitrogens with zero attached hydrogens (tertiary/aromatic N) is 1. The van der Waals surface area contributed by atoms with E-state index in [1.54, 1.807) is 6.20 Å². The zero-order valence-electron chi connectivity index (χ0n) is 9.28. The second kappa shape index (κ2) is 5.78. The van der Waals surface area contributed by atoms with Gasteiger partial charge in [0.2, 0.25) is 0 Å². The largest absolute Gasteiger partial charge is 0.388 e. The maximum atomic E-state index is 13.0. The van der Waals surface area contributed by atoms with Gasteiger partial charge in [-0.3, -0.25) is 4.98 Å². The average molecular weight is 331 g/mol. The molecular weight excluding hydrogens is 321 g/mol. The van der Waals surface area contributed by atoms with Crippen molar-refractivity contribution < 1.29 is 9.50 Å². The molecule has 0 bridgehead atoms. The third-order valence-electron chi connectivity index (χ3n) is 2.52. The predicted molar refractivity (Wildman–Crippen MR) is 72.0 cm³/mol. The van der Waals surface area contributed by atoms with Gasteiger partial charge in [-0.15, -0.1) is 0 Å². The molecule has 0 saturated heterocycles. The number of benzene rings is 1. The lowest BCUT2D eigenvalue weighted by molar-refractivity contribution is 0.177. The molecule has 18 heavy (non-hydrogen) atoms. The van der Waals surface area contributed by atoms with E-state index in [2.05, 4.69) is 20.9 Å². The molecule has 2 aromatic rings. The summed E-state index contributed by atoms with van der Waals surface area (Å²) < 4.78 is 13.9. The maximum absolute atomic E-state index is 13.0. The van der Waals surface area contributed by atoms with Crippen LogP contribution in [-0.2, 0) is 6.42 Å². The van der Waals surface area contributed by atoms with E-state index in [0.717, 1.165) is 10.2 Å². The summed E-state index contributed by atoms with van der Waals surface area (Å²) in [5, 5.41) is 10.0. The zero-order chi connectivity index (χ0) is 13.1. The minimum absolute atomic E-state index is 0.00955. The Hall–Kier alpha value is -0.970. The van der Waals surface area contributed by atoms with Crippen molar-refractivity contribution in [2.75, 3.05) is 0 Å². The lowest BCUT2D eigenvalue weighted by atomic mass is 10.0. The van der Waals surface area contributed by atoms with Crippen LogP contribution in [0, 0.1) is 5.82 Å². The molecule has 1 N–H and O–H groups in total. The topological polar surface area (TPSA) is 33.1 Å². The van der Waals surface area contributed by atoms with Gasteiger partial charge in [-0.1, -0.05) is 17.7 Å². The molecule has 1 atom stereocenters. The summed E-state index contributed by atoms with van der Waals surface area (Å²) in [7, 11) is 0. The van der Waals surface area contributed by atoms with Crippen LogP contribution in [0.3, 0.4) is 0 Å². The number of hydrogen-bond acceptors (Lipinski definition) is 2. The van der Waals surface area contributed by atoms with Gasteiger partial charge in [0.15, 0.2) is 0 Å². The summed E-state index contributed by atoms with van der Waals surface area (Å²) in [5.41, 5.74) is 1.33. The van der Waals surface area contributed by atoms with E-state index < -0.39 is 11.9 Å². The quantitative estimate of drug-likeness (QED) is 0.925. The molecule has 1 aromatic heterocycles. The first-order chi connectivity index (χ1) is 8.56. The number of pyridine rings is 1. The van der Waals surface area contributed by atoms with Gasteiger partial charge in [0.1, 0.15) is 5.82 Å². The molecule has 0 aliphatic heterocycles. The van der Waals surface area contributed by atoms with Crippen LogP contribution in [-0.4, -0.2) is 10.1 Å². The van der Waals surface area contributed by atoms with Gasteiger partial charge < -0.3 is 5.11 Å². The standard InChI is InChI=1S/C13H10BrClFNO/c14-9-2-3-10(17-7-9)6-13(18)8-1-4-12(16)11(15)5-8/h1-5,7,13,18H,6H2. The Labute approximate surface area is 118 Å². The fourth-order valence-corrected chi connectivity index (χ4v) is 1.99. The Balaban J connectivity index is 2.13. The molecule has 94 valence electrons. The maximum Gasteiger partial charge on any atom is 0.141 e. The number of aliphatic hydroxyl groups excluding tert-OH is 1. The molecule has 0 saturated carbocycles. The second-order valence-electron chi connectivity index (χ2n) is 3.86. The van der Waals surface area contributed by atoms with Crippen molar-refractivity contribution in [2.24, 2.45) is 0 Å². The summed E-state index contributed by atoms with van der Waals surface area (Å²) in [5.74, 6) is -0.491.